The molecule has 0 aliphatic heterocycles. The van der Waals surface area contributed by atoms with E-state index in [4.69, 9.17) is 21.3 Å². The third-order valence-electron chi connectivity index (χ3n) is 6.15. The lowest BCUT2D eigenvalue weighted by Gasteiger charge is -2.12. The number of ether oxygens (including phenoxy) is 1. The van der Waals surface area contributed by atoms with Crippen molar-refractivity contribution in [3.63, 3.8) is 0 Å². The average Bonchev–Trinajstić information content (AvgIpc) is 3.20. The van der Waals surface area contributed by atoms with E-state index < -0.39 is 0 Å². The molecule has 0 radical (unpaired) electrons. The van der Waals surface area contributed by atoms with Crippen molar-refractivity contribution in [3.05, 3.63) is 94.3 Å². The number of unbranched alkanes of at least 4 members (excludes halogenated alkanes) is 2. The Morgan fingerprint density at radius 1 is 1.00 bits per heavy atom. The molecule has 1 amide bonds. The molecule has 4 aromatic rings. The van der Waals surface area contributed by atoms with Crippen LogP contribution in [0.2, 0.25) is 5.02 Å². The van der Waals surface area contributed by atoms with Gasteiger partial charge in [0.1, 0.15) is 11.6 Å². The second kappa shape index (κ2) is 11.9. The number of hydrogen-bond donors (Lipinski definition) is 1. The Morgan fingerprint density at radius 3 is 2.63 bits per heavy atom. The largest absolute Gasteiger partial charge is 0.484 e. The SMILES string of the molecule is Cc1ccc(C)c(Cn2c(CCCCCNC(=O)COc3ccc(Cl)cc3)nc3ccccc32)c1. The topological polar surface area (TPSA) is 56.2 Å². The zero-order valence-corrected chi connectivity index (χ0v) is 21.1. The second-order valence-corrected chi connectivity index (χ2v) is 9.37. The standard InChI is InChI=1S/C29H32ClN3O2/c1-21-11-12-22(2)23(18-21)19-33-27-9-6-5-8-26(27)32-28(33)10-4-3-7-17-31-29(34)20-35-25-15-13-24(30)14-16-25/h5-6,8-9,11-16,18H,3-4,7,10,17,19-20H2,1-2H3,(H,31,34). The molecule has 35 heavy (non-hydrogen) atoms. The number of benzene rings is 3. The molecule has 5 nitrogen and oxygen atoms in total. The summed E-state index contributed by atoms with van der Waals surface area (Å²) in [6.07, 6.45) is 3.87. The van der Waals surface area contributed by atoms with Gasteiger partial charge in [0.2, 0.25) is 0 Å². The first-order valence-electron chi connectivity index (χ1n) is 12.1. The Hall–Kier alpha value is -3.31. The molecule has 6 heteroatoms. The fourth-order valence-corrected chi connectivity index (χ4v) is 4.30. The smallest absolute Gasteiger partial charge is 0.257 e. The van der Waals surface area contributed by atoms with Crippen molar-refractivity contribution in [1.82, 2.24) is 14.9 Å². The number of hydrogen-bond acceptors (Lipinski definition) is 3. The van der Waals surface area contributed by atoms with Gasteiger partial charge in [0.15, 0.2) is 6.61 Å². The Balaban J connectivity index is 1.26. The number of halogens is 1. The van der Waals surface area contributed by atoms with Crippen LogP contribution >= 0.6 is 11.6 Å². The van der Waals surface area contributed by atoms with E-state index in [0.29, 0.717) is 17.3 Å². The molecule has 0 fully saturated rings. The first-order chi connectivity index (χ1) is 17.0. The normalized spacial score (nSPS) is 11.1. The van der Waals surface area contributed by atoms with Gasteiger partial charge in [-0.2, -0.15) is 0 Å². The maximum atomic E-state index is 12.0. The minimum atomic E-state index is -0.115. The van der Waals surface area contributed by atoms with Gasteiger partial charge in [-0.15, -0.1) is 0 Å². The quantitative estimate of drug-likeness (QED) is 0.253. The van der Waals surface area contributed by atoms with E-state index in [1.165, 1.54) is 22.2 Å². The summed E-state index contributed by atoms with van der Waals surface area (Å²) in [6, 6.07) is 22.0. The van der Waals surface area contributed by atoms with Crippen LogP contribution in [-0.2, 0) is 17.8 Å². The van der Waals surface area contributed by atoms with E-state index in [9.17, 15) is 4.79 Å². The number of para-hydroxylation sites is 2. The van der Waals surface area contributed by atoms with Gasteiger partial charge in [0.25, 0.3) is 5.91 Å². The van der Waals surface area contributed by atoms with Gasteiger partial charge in [0, 0.05) is 24.5 Å². The molecule has 0 aliphatic carbocycles. The number of rotatable bonds is 11. The van der Waals surface area contributed by atoms with E-state index in [-0.39, 0.29) is 12.5 Å². The van der Waals surface area contributed by atoms with E-state index in [0.717, 1.165) is 43.6 Å². The maximum absolute atomic E-state index is 12.0. The highest BCUT2D eigenvalue weighted by Gasteiger charge is 2.12. The van der Waals surface area contributed by atoms with Crippen LogP contribution in [0.5, 0.6) is 5.75 Å². The first kappa shape index (κ1) is 24.8. The number of imidazole rings is 1. The number of aryl methyl sites for hydroxylation is 3. The van der Waals surface area contributed by atoms with Gasteiger partial charge in [-0.05, 0) is 74.2 Å². The van der Waals surface area contributed by atoms with Gasteiger partial charge in [-0.25, -0.2) is 4.98 Å². The highest BCUT2D eigenvalue weighted by Crippen LogP contribution is 2.21. The fourth-order valence-electron chi connectivity index (χ4n) is 4.18. The van der Waals surface area contributed by atoms with E-state index >= 15 is 0 Å². The molecule has 0 unspecified atom stereocenters. The molecule has 0 aliphatic rings. The van der Waals surface area contributed by atoms with E-state index in [2.05, 4.69) is 60.1 Å². The summed E-state index contributed by atoms with van der Waals surface area (Å²) in [7, 11) is 0. The molecule has 1 aromatic heterocycles. The molecule has 0 saturated heterocycles. The van der Waals surface area contributed by atoms with Gasteiger partial charge < -0.3 is 14.6 Å². The molecular weight excluding hydrogens is 458 g/mol. The predicted molar refractivity (Wildman–Crippen MR) is 142 cm³/mol. The van der Waals surface area contributed by atoms with Crippen LogP contribution in [0, 0.1) is 13.8 Å². The molecule has 4 rings (SSSR count). The van der Waals surface area contributed by atoms with Crippen LogP contribution in [0.3, 0.4) is 0 Å². The Labute approximate surface area is 212 Å². The van der Waals surface area contributed by atoms with Crippen molar-refractivity contribution in [2.24, 2.45) is 0 Å². The van der Waals surface area contributed by atoms with Crippen LogP contribution in [0.25, 0.3) is 11.0 Å². The number of nitrogens with one attached hydrogen (secondary N) is 1. The lowest BCUT2D eigenvalue weighted by molar-refractivity contribution is -0.123. The Morgan fingerprint density at radius 2 is 1.80 bits per heavy atom. The minimum absolute atomic E-state index is 0.00400. The van der Waals surface area contributed by atoms with E-state index in [1.54, 1.807) is 24.3 Å². The number of nitrogens with zero attached hydrogens (tertiary/aromatic N) is 2. The first-order valence-corrected chi connectivity index (χ1v) is 12.5. The zero-order valence-electron chi connectivity index (χ0n) is 20.4. The van der Waals surface area contributed by atoms with Crippen molar-refractivity contribution in [3.8, 4) is 5.75 Å². The Kier molecular flexibility index (Phi) is 8.43. The van der Waals surface area contributed by atoms with E-state index in [1.807, 2.05) is 6.07 Å². The summed E-state index contributed by atoms with van der Waals surface area (Å²) < 4.78 is 7.84. The predicted octanol–water partition coefficient (Wildman–Crippen LogP) is 6.26. The number of aromatic nitrogens is 2. The van der Waals surface area contributed by atoms with Crippen LogP contribution in [0.1, 0.15) is 41.8 Å². The van der Waals surface area contributed by atoms with Crippen molar-refractivity contribution < 1.29 is 9.53 Å². The monoisotopic (exact) mass is 489 g/mol. The molecule has 1 N–H and O–H groups in total. The second-order valence-electron chi connectivity index (χ2n) is 8.94. The van der Waals surface area contributed by atoms with Crippen molar-refractivity contribution in [2.75, 3.05) is 13.2 Å². The molecule has 182 valence electrons. The van der Waals surface area contributed by atoms with Crippen molar-refractivity contribution in [1.29, 1.82) is 0 Å². The maximum Gasteiger partial charge on any atom is 0.257 e. The zero-order chi connectivity index (χ0) is 24.6. The minimum Gasteiger partial charge on any atom is -0.484 e. The number of carbonyl (C=O) groups excluding carboxylic acids is 1. The summed E-state index contributed by atoms with van der Waals surface area (Å²) in [6.45, 7) is 5.78. The van der Waals surface area contributed by atoms with Gasteiger partial charge in [-0.1, -0.05) is 53.9 Å². The van der Waals surface area contributed by atoms with Gasteiger partial charge in [0.05, 0.1) is 11.0 Å². The summed E-state index contributed by atoms with van der Waals surface area (Å²) in [5.41, 5.74) is 6.13. The van der Waals surface area contributed by atoms with Crippen LogP contribution in [0.4, 0.5) is 0 Å². The molecular formula is C29H32ClN3O2. The lowest BCUT2D eigenvalue weighted by Crippen LogP contribution is -2.29. The van der Waals surface area contributed by atoms with Crippen molar-refractivity contribution in [2.45, 2.75) is 46.1 Å². The third kappa shape index (κ3) is 6.86. The number of fused-ring (bicyclic) bond motifs is 1. The average molecular weight is 490 g/mol. The van der Waals surface area contributed by atoms with Crippen LogP contribution in [0.15, 0.2) is 66.7 Å². The van der Waals surface area contributed by atoms with Crippen LogP contribution in [-0.4, -0.2) is 28.6 Å². The lowest BCUT2D eigenvalue weighted by atomic mass is 10.1. The molecule has 1 heterocycles. The molecule has 0 atom stereocenters. The number of amides is 1. The highest BCUT2D eigenvalue weighted by molar-refractivity contribution is 6.30. The molecule has 0 bridgehead atoms. The summed E-state index contributed by atoms with van der Waals surface area (Å²) in [5, 5.41) is 3.57. The summed E-state index contributed by atoms with van der Waals surface area (Å²) in [5.74, 6) is 1.64. The molecule has 0 saturated carbocycles. The fraction of sp³-hybridized carbons (Fsp3) is 0.310. The highest BCUT2D eigenvalue weighted by atomic mass is 35.5. The van der Waals surface area contributed by atoms with Gasteiger partial charge >= 0.3 is 0 Å². The molecule has 0 spiro atoms. The number of carbonyl (C=O) groups is 1. The Bertz CT molecular complexity index is 1280. The summed E-state index contributed by atoms with van der Waals surface area (Å²) in [4.78, 5) is 17.0. The van der Waals surface area contributed by atoms with Crippen LogP contribution < -0.4 is 10.1 Å². The van der Waals surface area contributed by atoms with Crippen molar-refractivity contribution >= 4 is 28.5 Å². The molecule has 3 aromatic carbocycles. The third-order valence-corrected chi connectivity index (χ3v) is 6.40. The summed E-state index contributed by atoms with van der Waals surface area (Å²) >= 11 is 5.86. The van der Waals surface area contributed by atoms with Gasteiger partial charge in [-0.3, -0.25) is 4.79 Å².